The van der Waals surface area contributed by atoms with Crippen molar-refractivity contribution in [1.82, 2.24) is 4.98 Å². The lowest BCUT2D eigenvalue weighted by Gasteiger charge is -2.04. The van der Waals surface area contributed by atoms with E-state index in [9.17, 15) is 4.79 Å². The fraction of sp³-hybridized carbons (Fsp3) is 0.167. The van der Waals surface area contributed by atoms with Gasteiger partial charge in [0.2, 0.25) is 0 Å². The van der Waals surface area contributed by atoms with E-state index in [1.165, 1.54) is 5.56 Å². The van der Waals surface area contributed by atoms with Gasteiger partial charge < -0.3 is 5.11 Å². The number of pyridine rings is 1. The summed E-state index contributed by atoms with van der Waals surface area (Å²) in [5.41, 5.74) is 1.27. The first-order chi connectivity index (χ1) is 7.61. The summed E-state index contributed by atoms with van der Waals surface area (Å²) in [4.78, 5) is 14.8. The molecule has 0 aliphatic rings. The number of carboxylic acids is 1. The van der Waals surface area contributed by atoms with Crippen LogP contribution in [0.25, 0.3) is 10.8 Å². The second kappa shape index (κ2) is 4.22. The third-order valence-electron chi connectivity index (χ3n) is 2.48. The molecule has 1 aromatic carbocycles. The first kappa shape index (κ1) is 11.1. The molecular formula is C12H10BrNO2. The van der Waals surface area contributed by atoms with E-state index in [2.05, 4.69) is 27.8 Å². The Labute approximate surface area is 101 Å². The van der Waals surface area contributed by atoms with Gasteiger partial charge in [0.1, 0.15) is 10.3 Å². The van der Waals surface area contributed by atoms with Crippen LogP contribution < -0.4 is 0 Å². The van der Waals surface area contributed by atoms with Gasteiger partial charge in [0.05, 0.1) is 0 Å². The summed E-state index contributed by atoms with van der Waals surface area (Å²) in [6.07, 6.45) is 0.947. The first-order valence-corrected chi connectivity index (χ1v) is 5.73. The molecule has 1 aromatic heterocycles. The summed E-state index contributed by atoms with van der Waals surface area (Å²) < 4.78 is 0.581. The quantitative estimate of drug-likeness (QED) is 0.859. The van der Waals surface area contributed by atoms with E-state index in [1.54, 1.807) is 6.07 Å². The summed E-state index contributed by atoms with van der Waals surface area (Å²) in [6.45, 7) is 2.08. The van der Waals surface area contributed by atoms with Crippen LogP contribution in [0.3, 0.4) is 0 Å². The molecule has 0 fully saturated rings. The van der Waals surface area contributed by atoms with Gasteiger partial charge in [0.15, 0.2) is 0 Å². The number of hydrogen-bond acceptors (Lipinski definition) is 2. The minimum Gasteiger partial charge on any atom is -0.477 e. The summed E-state index contributed by atoms with van der Waals surface area (Å²) in [6, 6.07) is 7.54. The molecule has 2 aromatic rings. The predicted octanol–water partition coefficient (Wildman–Crippen LogP) is 3.26. The molecule has 1 heterocycles. The fourth-order valence-electron chi connectivity index (χ4n) is 1.58. The molecule has 1 N–H and O–H groups in total. The maximum Gasteiger partial charge on any atom is 0.354 e. The third kappa shape index (κ3) is 1.93. The molecule has 0 bridgehead atoms. The maximum atomic E-state index is 10.8. The summed E-state index contributed by atoms with van der Waals surface area (Å²) >= 11 is 3.30. The second-order valence-corrected chi connectivity index (χ2v) is 4.26. The lowest BCUT2D eigenvalue weighted by molar-refractivity contribution is 0.0690. The molecule has 82 valence electrons. The van der Waals surface area contributed by atoms with E-state index in [0.29, 0.717) is 4.60 Å². The minimum absolute atomic E-state index is 0.0589. The first-order valence-electron chi connectivity index (χ1n) is 4.94. The van der Waals surface area contributed by atoms with Gasteiger partial charge in [-0.3, -0.25) is 0 Å². The van der Waals surface area contributed by atoms with Crippen molar-refractivity contribution in [3.63, 3.8) is 0 Å². The molecule has 0 aliphatic carbocycles. The Morgan fingerprint density at radius 3 is 2.81 bits per heavy atom. The van der Waals surface area contributed by atoms with Crippen molar-refractivity contribution in [3.8, 4) is 0 Å². The van der Waals surface area contributed by atoms with Gasteiger partial charge in [-0.05, 0) is 45.4 Å². The highest BCUT2D eigenvalue weighted by Crippen LogP contribution is 2.24. The number of benzene rings is 1. The maximum absolute atomic E-state index is 10.8. The van der Waals surface area contributed by atoms with Crippen LogP contribution in [0, 0.1) is 0 Å². The van der Waals surface area contributed by atoms with Crippen LogP contribution in [0.2, 0.25) is 0 Å². The zero-order chi connectivity index (χ0) is 11.7. The van der Waals surface area contributed by atoms with Crippen LogP contribution in [0.5, 0.6) is 0 Å². The SMILES string of the molecule is CCc1ccc2cc(C(=O)O)nc(Br)c2c1. The third-order valence-corrected chi connectivity index (χ3v) is 3.08. The number of hydrogen-bond donors (Lipinski definition) is 1. The Morgan fingerprint density at radius 2 is 2.19 bits per heavy atom. The number of aryl methyl sites for hydroxylation is 1. The van der Waals surface area contributed by atoms with Gasteiger partial charge in [-0.25, -0.2) is 9.78 Å². The van der Waals surface area contributed by atoms with Crippen molar-refractivity contribution in [2.75, 3.05) is 0 Å². The van der Waals surface area contributed by atoms with Gasteiger partial charge in [-0.1, -0.05) is 19.1 Å². The smallest absolute Gasteiger partial charge is 0.354 e. The minimum atomic E-state index is -1.01. The van der Waals surface area contributed by atoms with Crippen molar-refractivity contribution in [2.45, 2.75) is 13.3 Å². The molecule has 0 amide bonds. The van der Waals surface area contributed by atoms with Crippen molar-refractivity contribution < 1.29 is 9.90 Å². The summed E-state index contributed by atoms with van der Waals surface area (Å²) in [7, 11) is 0. The number of nitrogens with zero attached hydrogens (tertiary/aromatic N) is 1. The van der Waals surface area contributed by atoms with E-state index in [-0.39, 0.29) is 5.69 Å². The molecule has 0 aliphatic heterocycles. The van der Waals surface area contributed by atoms with E-state index in [1.807, 2.05) is 18.2 Å². The van der Waals surface area contributed by atoms with E-state index < -0.39 is 5.97 Å². The topological polar surface area (TPSA) is 50.2 Å². The standard InChI is InChI=1S/C12H10BrNO2/c1-2-7-3-4-8-6-10(12(15)16)14-11(13)9(8)5-7/h3-6H,2H2,1H3,(H,15,16). The highest BCUT2D eigenvalue weighted by molar-refractivity contribution is 9.10. The number of rotatable bonds is 2. The predicted molar refractivity (Wildman–Crippen MR) is 65.8 cm³/mol. The van der Waals surface area contributed by atoms with Gasteiger partial charge in [-0.15, -0.1) is 0 Å². The average molecular weight is 280 g/mol. The van der Waals surface area contributed by atoms with Crippen LogP contribution >= 0.6 is 15.9 Å². The number of carbonyl (C=O) groups is 1. The highest BCUT2D eigenvalue weighted by Gasteiger charge is 2.09. The van der Waals surface area contributed by atoms with E-state index in [4.69, 9.17) is 5.11 Å². The van der Waals surface area contributed by atoms with Crippen LogP contribution in [0.4, 0.5) is 0 Å². The fourth-order valence-corrected chi connectivity index (χ4v) is 2.12. The molecule has 0 saturated heterocycles. The molecule has 4 heteroatoms. The Morgan fingerprint density at radius 1 is 1.44 bits per heavy atom. The number of aromatic carboxylic acids is 1. The zero-order valence-corrected chi connectivity index (χ0v) is 10.3. The molecule has 2 rings (SSSR count). The Bertz CT molecular complexity index is 566. The van der Waals surface area contributed by atoms with Crippen molar-refractivity contribution in [3.05, 3.63) is 40.1 Å². The average Bonchev–Trinajstić information content (AvgIpc) is 2.28. The lowest BCUT2D eigenvalue weighted by Crippen LogP contribution is -2.00. The molecule has 0 saturated carbocycles. The highest BCUT2D eigenvalue weighted by atomic mass is 79.9. The van der Waals surface area contributed by atoms with E-state index >= 15 is 0 Å². The van der Waals surface area contributed by atoms with Gasteiger partial charge in [0.25, 0.3) is 0 Å². The molecule has 3 nitrogen and oxygen atoms in total. The van der Waals surface area contributed by atoms with Crippen LogP contribution in [-0.4, -0.2) is 16.1 Å². The van der Waals surface area contributed by atoms with Crippen molar-refractivity contribution >= 4 is 32.7 Å². The van der Waals surface area contributed by atoms with Crippen LogP contribution in [-0.2, 0) is 6.42 Å². The molecule has 0 radical (unpaired) electrons. The van der Waals surface area contributed by atoms with Crippen molar-refractivity contribution in [1.29, 1.82) is 0 Å². The van der Waals surface area contributed by atoms with Crippen LogP contribution in [0.15, 0.2) is 28.9 Å². The Balaban J connectivity index is 2.71. The van der Waals surface area contributed by atoms with E-state index in [0.717, 1.165) is 17.2 Å². The number of aromatic nitrogens is 1. The number of fused-ring (bicyclic) bond motifs is 1. The molecule has 0 unspecified atom stereocenters. The molecule has 0 spiro atoms. The Kier molecular flexibility index (Phi) is 2.92. The molecular weight excluding hydrogens is 270 g/mol. The number of halogens is 1. The van der Waals surface area contributed by atoms with Crippen molar-refractivity contribution in [2.24, 2.45) is 0 Å². The normalized spacial score (nSPS) is 10.6. The second-order valence-electron chi connectivity index (χ2n) is 3.51. The Hall–Kier alpha value is -1.42. The molecule has 0 atom stereocenters. The number of carboxylic acid groups (broad SMARTS) is 1. The van der Waals surface area contributed by atoms with Gasteiger partial charge >= 0.3 is 5.97 Å². The van der Waals surface area contributed by atoms with Gasteiger partial charge in [0, 0.05) is 5.39 Å². The zero-order valence-electron chi connectivity index (χ0n) is 8.70. The lowest BCUT2D eigenvalue weighted by atomic mass is 10.1. The molecule has 16 heavy (non-hydrogen) atoms. The summed E-state index contributed by atoms with van der Waals surface area (Å²) in [5.74, 6) is -1.01. The van der Waals surface area contributed by atoms with Crippen LogP contribution in [0.1, 0.15) is 23.0 Å². The monoisotopic (exact) mass is 279 g/mol. The summed E-state index contributed by atoms with van der Waals surface area (Å²) in [5, 5.41) is 10.7. The largest absolute Gasteiger partial charge is 0.477 e. The van der Waals surface area contributed by atoms with Gasteiger partial charge in [-0.2, -0.15) is 0 Å².